The number of ether oxygens (including phenoxy) is 2. The predicted octanol–water partition coefficient (Wildman–Crippen LogP) is 3.75. The van der Waals surface area contributed by atoms with Crippen molar-refractivity contribution < 1.29 is 14.3 Å². The Morgan fingerprint density at radius 2 is 2.03 bits per heavy atom. The SMILES string of the molecule is Cc1cc2c(c3c1C(=O)/C(=C/c1ccncc1)O3)CN(Cc1cccnc1)CO2. The summed E-state index contributed by atoms with van der Waals surface area (Å²) in [5.41, 5.74) is 4.38. The highest BCUT2D eigenvalue weighted by Crippen LogP contribution is 2.44. The zero-order valence-corrected chi connectivity index (χ0v) is 16.0. The monoisotopic (exact) mass is 385 g/mol. The number of benzene rings is 1. The molecule has 4 heterocycles. The van der Waals surface area contributed by atoms with E-state index in [0.29, 0.717) is 36.9 Å². The lowest BCUT2D eigenvalue weighted by Crippen LogP contribution is -2.31. The number of ketones is 1. The predicted molar refractivity (Wildman–Crippen MR) is 107 cm³/mol. The van der Waals surface area contributed by atoms with Crippen molar-refractivity contribution in [1.29, 1.82) is 0 Å². The number of hydrogen-bond donors (Lipinski definition) is 0. The molecule has 0 fully saturated rings. The minimum absolute atomic E-state index is 0.0958. The average molecular weight is 385 g/mol. The fourth-order valence-electron chi connectivity index (χ4n) is 3.74. The lowest BCUT2D eigenvalue weighted by molar-refractivity contribution is 0.0871. The summed E-state index contributed by atoms with van der Waals surface area (Å²) in [6.07, 6.45) is 8.75. The molecule has 0 spiro atoms. The smallest absolute Gasteiger partial charge is 0.232 e. The molecule has 6 heteroatoms. The highest BCUT2D eigenvalue weighted by molar-refractivity contribution is 6.15. The second-order valence-corrected chi connectivity index (χ2v) is 7.22. The average Bonchev–Trinajstić information content (AvgIpc) is 3.07. The molecule has 0 bridgehead atoms. The van der Waals surface area contributed by atoms with Crippen molar-refractivity contribution in [2.24, 2.45) is 0 Å². The Balaban J connectivity index is 1.48. The van der Waals surface area contributed by atoms with E-state index in [1.807, 2.05) is 43.5 Å². The fourth-order valence-corrected chi connectivity index (χ4v) is 3.74. The van der Waals surface area contributed by atoms with E-state index < -0.39 is 0 Å². The van der Waals surface area contributed by atoms with Gasteiger partial charge in [0.15, 0.2) is 5.76 Å². The van der Waals surface area contributed by atoms with Gasteiger partial charge in [0, 0.05) is 37.9 Å². The number of allylic oxidation sites excluding steroid dienone is 1. The number of rotatable bonds is 3. The maximum atomic E-state index is 13.0. The second-order valence-electron chi connectivity index (χ2n) is 7.22. The first-order valence-corrected chi connectivity index (χ1v) is 9.44. The highest BCUT2D eigenvalue weighted by Gasteiger charge is 2.35. The third kappa shape index (κ3) is 3.28. The van der Waals surface area contributed by atoms with Crippen LogP contribution in [0.25, 0.3) is 6.08 Å². The summed E-state index contributed by atoms with van der Waals surface area (Å²) in [6.45, 7) is 3.75. The molecule has 0 radical (unpaired) electrons. The van der Waals surface area contributed by atoms with Crippen LogP contribution in [0.15, 0.2) is 60.9 Å². The van der Waals surface area contributed by atoms with Gasteiger partial charge in [-0.3, -0.25) is 19.7 Å². The Morgan fingerprint density at radius 3 is 2.83 bits per heavy atom. The van der Waals surface area contributed by atoms with E-state index in [9.17, 15) is 4.79 Å². The molecule has 0 saturated carbocycles. The Kier molecular flexibility index (Phi) is 4.33. The number of pyridine rings is 2. The molecule has 2 aliphatic rings. The number of carbonyl (C=O) groups is 1. The molecule has 0 amide bonds. The van der Waals surface area contributed by atoms with E-state index in [-0.39, 0.29) is 5.78 Å². The van der Waals surface area contributed by atoms with E-state index >= 15 is 0 Å². The number of carbonyl (C=O) groups excluding carboxylic acids is 1. The summed E-state index contributed by atoms with van der Waals surface area (Å²) in [5.74, 6) is 1.62. The molecule has 3 aromatic rings. The second kappa shape index (κ2) is 7.14. The molecule has 29 heavy (non-hydrogen) atoms. The highest BCUT2D eigenvalue weighted by atomic mass is 16.5. The van der Waals surface area contributed by atoms with Gasteiger partial charge in [-0.05, 0) is 54.0 Å². The molecular formula is C23H19N3O3. The van der Waals surface area contributed by atoms with E-state index in [2.05, 4.69) is 14.9 Å². The quantitative estimate of drug-likeness (QED) is 0.640. The van der Waals surface area contributed by atoms with Crippen molar-refractivity contribution in [3.05, 3.63) is 88.7 Å². The van der Waals surface area contributed by atoms with Gasteiger partial charge in [0.25, 0.3) is 0 Å². The van der Waals surface area contributed by atoms with Gasteiger partial charge in [0.2, 0.25) is 5.78 Å². The molecule has 5 rings (SSSR count). The standard InChI is InChI=1S/C23H19N3O3/c1-15-9-19-18(13-26(14-28-19)12-17-3-2-6-25-11-17)23-21(15)22(27)20(29-23)10-16-4-7-24-8-5-16/h2-11H,12-14H2,1H3/b20-10-. The lowest BCUT2D eigenvalue weighted by atomic mass is 9.98. The van der Waals surface area contributed by atoms with Crippen LogP contribution in [0.2, 0.25) is 0 Å². The van der Waals surface area contributed by atoms with Crippen LogP contribution in [0.3, 0.4) is 0 Å². The molecule has 144 valence electrons. The van der Waals surface area contributed by atoms with Crippen LogP contribution in [0.4, 0.5) is 0 Å². The van der Waals surface area contributed by atoms with Crippen LogP contribution >= 0.6 is 0 Å². The van der Waals surface area contributed by atoms with Crippen LogP contribution in [-0.2, 0) is 13.1 Å². The van der Waals surface area contributed by atoms with Crippen LogP contribution in [-0.4, -0.2) is 27.4 Å². The molecule has 0 saturated heterocycles. The van der Waals surface area contributed by atoms with Gasteiger partial charge in [-0.1, -0.05) is 6.07 Å². The Hall–Kier alpha value is -3.51. The molecule has 0 N–H and O–H groups in total. The minimum Gasteiger partial charge on any atom is -0.478 e. The van der Waals surface area contributed by atoms with Gasteiger partial charge >= 0.3 is 0 Å². The summed E-state index contributed by atoms with van der Waals surface area (Å²) < 4.78 is 12.1. The van der Waals surface area contributed by atoms with Gasteiger partial charge in [0.1, 0.15) is 18.2 Å². The van der Waals surface area contributed by atoms with Crippen molar-refractivity contribution in [2.75, 3.05) is 6.73 Å². The molecule has 2 aliphatic heterocycles. The van der Waals surface area contributed by atoms with Gasteiger partial charge in [-0.2, -0.15) is 0 Å². The van der Waals surface area contributed by atoms with Gasteiger partial charge < -0.3 is 9.47 Å². The number of aryl methyl sites for hydroxylation is 1. The number of nitrogens with zero attached hydrogens (tertiary/aromatic N) is 3. The van der Waals surface area contributed by atoms with Crippen molar-refractivity contribution >= 4 is 11.9 Å². The molecule has 0 aliphatic carbocycles. The summed E-state index contributed by atoms with van der Waals surface area (Å²) >= 11 is 0. The zero-order chi connectivity index (χ0) is 19.8. The van der Waals surface area contributed by atoms with E-state index in [0.717, 1.165) is 28.0 Å². The first kappa shape index (κ1) is 17.6. The third-order valence-corrected chi connectivity index (χ3v) is 5.12. The first-order chi connectivity index (χ1) is 14.2. The summed E-state index contributed by atoms with van der Waals surface area (Å²) in [7, 11) is 0. The zero-order valence-electron chi connectivity index (χ0n) is 16.0. The van der Waals surface area contributed by atoms with E-state index in [1.54, 1.807) is 24.7 Å². The van der Waals surface area contributed by atoms with Crippen LogP contribution in [0.5, 0.6) is 11.5 Å². The van der Waals surface area contributed by atoms with Crippen molar-refractivity contribution in [1.82, 2.24) is 14.9 Å². The number of fused-ring (bicyclic) bond motifs is 3. The normalized spacial score (nSPS) is 16.9. The summed E-state index contributed by atoms with van der Waals surface area (Å²) in [6, 6.07) is 9.58. The summed E-state index contributed by atoms with van der Waals surface area (Å²) in [5, 5.41) is 0. The number of hydrogen-bond acceptors (Lipinski definition) is 6. The largest absolute Gasteiger partial charge is 0.478 e. The van der Waals surface area contributed by atoms with Gasteiger partial charge in [0.05, 0.1) is 11.1 Å². The molecule has 0 unspecified atom stereocenters. The Labute approximate surface area is 168 Å². The van der Waals surface area contributed by atoms with Crippen molar-refractivity contribution in [3.63, 3.8) is 0 Å². The molecule has 6 nitrogen and oxygen atoms in total. The fraction of sp³-hybridized carbons (Fsp3) is 0.174. The van der Waals surface area contributed by atoms with Crippen molar-refractivity contribution in [3.8, 4) is 11.5 Å². The molecule has 2 aromatic heterocycles. The van der Waals surface area contributed by atoms with Crippen LogP contribution in [0, 0.1) is 6.92 Å². The Morgan fingerprint density at radius 1 is 1.17 bits per heavy atom. The topological polar surface area (TPSA) is 64.5 Å². The first-order valence-electron chi connectivity index (χ1n) is 9.44. The maximum Gasteiger partial charge on any atom is 0.232 e. The third-order valence-electron chi connectivity index (χ3n) is 5.12. The van der Waals surface area contributed by atoms with Crippen molar-refractivity contribution in [2.45, 2.75) is 20.0 Å². The number of aromatic nitrogens is 2. The van der Waals surface area contributed by atoms with Gasteiger partial charge in [-0.15, -0.1) is 0 Å². The molecule has 0 atom stereocenters. The Bertz CT molecular complexity index is 1110. The summed E-state index contributed by atoms with van der Waals surface area (Å²) in [4.78, 5) is 23.4. The number of Topliss-reactive ketones (excluding diaryl/α,β-unsaturated/α-hetero) is 1. The molecule has 1 aromatic carbocycles. The minimum atomic E-state index is -0.0958. The van der Waals surface area contributed by atoms with Crippen LogP contribution < -0.4 is 9.47 Å². The van der Waals surface area contributed by atoms with Crippen LogP contribution in [0.1, 0.15) is 32.6 Å². The van der Waals surface area contributed by atoms with E-state index in [4.69, 9.17) is 9.47 Å². The maximum absolute atomic E-state index is 13.0. The molecular weight excluding hydrogens is 366 g/mol. The van der Waals surface area contributed by atoms with Gasteiger partial charge in [-0.25, -0.2) is 0 Å². The lowest BCUT2D eigenvalue weighted by Gasteiger charge is -2.30. The van der Waals surface area contributed by atoms with E-state index in [1.165, 1.54) is 0 Å².